The van der Waals surface area contributed by atoms with Gasteiger partial charge >= 0.3 is 11.9 Å². The number of nitrogens with one attached hydrogen (secondary N) is 2. The maximum Gasteiger partial charge on any atom is 0.338 e. The second-order valence-corrected chi connectivity index (χ2v) is 15.6. The van der Waals surface area contributed by atoms with Crippen LogP contribution >= 0.6 is 11.6 Å². The highest BCUT2D eigenvalue weighted by molar-refractivity contribution is 7.78. The molecule has 0 radical (unpaired) electrons. The van der Waals surface area contributed by atoms with Crippen LogP contribution in [0.15, 0.2) is 18.2 Å². The molecule has 2 aromatic heterocycles. The molecule has 0 saturated heterocycles. The summed E-state index contributed by atoms with van der Waals surface area (Å²) in [6.07, 6.45) is 12.7. The first-order valence-electron chi connectivity index (χ1n) is 17.7. The van der Waals surface area contributed by atoms with E-state index in [-0.39, 0.29) is 42.0 Å². The fourth-order valence-electron chi connectivity index (χ4n) is 5.16. The SMILES string of the molecule is CCCCCCCCOC(=O)c1cc(OS(=O)NCC(C)(C)c2nc3c(Cl)c(C(C)(C)C)[nH]n3n2)cc(C(=O)OCCCCCCCC)c1. The molecule has 11 nitrogen and oxygen atoms in total. The van der Waals surface area contributed by atoms with Gasteiger partial charge in [0.1, 0.15) is 10.8 Å². The number of benzene rings is 1. The first-order valence-corrected chi connectivity index (χ1v) is 19.2. The van der Waals surface area contributed by atoms with Gasteiger partial charge in [-0.2, -0.15) is 8.84 Å². The number of unbranched alkanes of at least 4 members (excludes halogenated alkanes) is 10. The molecule has 49 heavy (non-hydrogen) atoms. The number of esters is 2. The highest BCUT2D eigenvalue weighted by Gasteiger charge is 2.30. The van der Waals surface area contributed by atoms with Crippen molar-refractivity contribution in [2.75, 3.05) is 19.8 Å². The predicted molar refractivity (Wildman–Crippen MR) is 195 cm³/mol. The summed E-state index contributed by atoms with van der Waals surface area (Å²) in [5.74, 6) is -0.604. The quantitative estimate of drug-likeness (QED) is 0.0778. The van der Waals surface area contributed by atoms with Crippen molar-refractivity contribution in [2.45, 2.75) is 136 Å². The van der Waals surface area contributed by atoms with Crippen LogP contribution in [0.1, 0.15) is 158 Å². The maximum atomic E-state index is 13.1. The zero-order chi connectivity index (χ0) is 36.0. The van der Waals surface area contributed by atoms with Crippen molar-refractivity contribution >= 4 is 40.5 Å². The Morgan fingerprint density at radius 2 is 1.35 bits per heavy atom. The number of rotatable bonds is 22. The van der Waals surface area contributed by atoms with Crippen molar-refractivity contribution in [3.8, 4) is 5.75 Å². The third-order valence-corrected chi connectivity index (χ3v) is 9.32. The van der Waals surface area contributed by atoms with E-state index in [0.717, 1.165) is 44.2 Å². The average Bonchev–Trinajstić information content (AvgIpc) is 3.62. The topological polar surface area (TPSA) is 137 Å². The van der Waals surface area contributed by atoms with Crippen LogP contribution in [-0.2, 0) is 31.6 Å². The van der Waals surface area contributed by atoms with Crippen molar-refractivity contribution in [3.63, 3.8) is 0 Å². The fourth-order valence-corrected chi connectivity index (χ4v) is 6.42. The summed E-state index contributed by atoms with van der Waals surface area (Å²) in [6.45, 7) is 15.0. The van der Waals surface area contributed by atoms with E-state index in [4.69, 9.17) is 25.3 Å². The Labute approximate surface area is 299 Å². The van der Waals surface area contributed by atoms with Crippen LogP contribution in [0.3, 0.4) is 0 Å². The standard InChI is InChI=1S/C36H56ClN5O6S/c1-8-10-12-14-16-18-20-46-32(43)26-22-27(33(44)47-21-19-17-15-13-11-9-2)24-28(23-26)48-49(45)38-25-36(6,7)34-39-31-29(37)30(35(3,4)5)40-42(31)41-34/h22-24,38,40H,8-21,25H2,1-7H3. The average molecular weight is 722 g/mol. The van der Waals surface area contributed by atoms with Crippen LogP contribution in [0.25, 0.3) is 5.65 Å². The van der Waals surface area contributed by atoms with Gasteiger partial charge in [-0.1, -0.05) is 124 Å². The van der Waals surface area contributed by atoms with Gasteiger partial charge in [0, 0.05) is 17.4 Å². The molecule has 1 aromatic carbocycles. The summed E-state index contributed by atoms with van der Waals surface area (Å²) < 4.78 is 34.2. The molecule has 0 aliphatic carbocycles. The van der Waals surface area contributed by atoms with E-state index in [1.54, 1.807) is 4.63 Å². The van der Waals surface area contributed by atoms with Gasteiger partial charge in [0.05, 0.1) is 30.0 Å². The van der Waals surface area contributed by atoms with Gasteiger partial charge in [-0.3, -0.25) is 5.10 Å². The molecule has 3 rings (SSSR count). The highest BCUT2D eigenvalue weighted by atomic mass is 35.5. The molecular weight excluding hydrogens is 666 g/mol. The molecule has 2 heterocycles. The molecule has 0 fully saturated rings. The summed E-state index contributed by atoms with van der Waals surface area (Å²) in [5, 5.41) is 8.30. The van der Waals surface area contributed by atoms with Crippen LogP contribution < -0.4 is 8.91 Å². The third kappa shape index (κ3) is 12.7. The molecule has 1 unspecified atom stereocenters. The van der Waals surface area contributed by atoms with Gasteiger partial charge in [0.25, 0.3) is 11.3 Å². The first kappa shape index (κ1) is 40.5. The fraction of sp³-hybridized carbons (Fsp3) is 0.667. The van der Waals surface area contributed by atoms with Crippen molar-refractivity contribution in [1.29, 1.82) is 0 Å². The summed E-state index contributed by atoms with van der Waals surface area (Å²) >= 11 is 4.57. The Balaban J connectivity index is 1.66. The van der Waals surface area contributed by atoms with Crippen LogP contribution in [0.4, 0.5) is 0 Å². The summed E-state index contributed by atoms with van der Waals surface area (Å²) in [6, 6.07) is 4.28. The van der Waals surface area contributed by atoms with E-state index in [0.29, 0.717) is 16.5 Å². The zero-order valence-electron chi connectivity index (χ0n) is 30.4. The first-order chi connectivity index (χ1) is 23.3. The van der Waals surface area contributed by atoms with E-state index in [2.05, 4.69) is 33.8 Å². The molecule has 13 heteroatoms. The Bertz CT molecular complexity index is 1480. The summed E-state index contributed by atoms with van der Waals surface area (Å²) in [5.41, 5.74) is 0.720. The van der Waals surface area contributed by atoms with Crippen molar-refractivity contribution < 1.29 is 27.5 Å². The molecule has 0 saturated carbocycles. The lowest BCUT2D eigenvalue weighted by atomic mass is 9.92. The molecule has 0 spiro atoms. The van der Waals surface area contributed by atoms with Crippen LogP contribution in [0, 0.1) is 0 Å². The number of carbonyl (C=O) groups excluding carboxylic acids is 2. The largest absolute Gasteiger partial charge is 0.462 e. The van der Waals surface area contributed by atoms with Crippen molar-refractivity contribution in [3.05, 3.63) is 45.9 Å². The number of aromatic nitrogens is 4. The van der Waals surface area contributed by atoms with Gasteiger partial charge in [-0.25, -0.2) is 19.3 Å². The van der Waals surface area contributed by atoms with E-state index in [9.17, 15) is 13.8 Å². The minimum Gasteiger partial charge on any atom is -0.462 e. The van der Waals surface area contributed by atoms with E-state index < -0.39 is 28.6 Å². The normalized spacial score (nSPS) is 12.7. The molecule has 0 aliphatic heterocycles. The van der Waals surface area contributed by atoms with Crippen LogP contribution in [-0.4, -0.2) is 55.7 Å². The lowest BCUT2D eigenvalue weighted by Gasteiger charge is -2.21. The Morgan fingerprint density at radius 1 is 0.837 bits per heavy atom. The highest BCUT2D eigenvalue weighted by Crippen LogP contribution is 2.32. The predicted octanol–water partition coefficient (Wildman–Crippen LogP) is 8.57. The van der Waals surface area contributed by atoms with Gasteiger partial charge in [-0.15, -0.1) is 5.10 Å². The van der Waals surface area contributed by atoms with Gasteiger partial charge in [0.2, 0.25) is 0 Å². The Kier molecular flexibility index (Phi) is 16.1. The number of hydrogen-bond donors (Lipinski definition) is 2. The number of carbonyl (C=O) groups is 2. The van der Waals surface area contributed by atoms with Crippen molar-refractivity contribution in [1.82, 2.24) is 24.5 Å². The monoisotopic (exact) mass is 721 g/mol. The lowest BCUT2D eigenvalue weighted by molar-refractivity contribution is 0.0495. The molecule has 0 amide bonds. The number of aromatic amines is 1. The van der Waals surface area contributed by atoms with E-state index >= 15 is 0 Å². The maximum absolute atomic E-state index is 13.1. The Hall–Kier alpha value is -2.96. The van der Waals surface area contributed by atoms with Crippen LogP contribution in [0.5, 0.6) is 5.75 Å². The number of nitrogens with zero attached hydrogens (tertiary/aromatic N) is 3. The van der Waals surface area contributed by atoms with E-state index in [1.165, 1.54) is 56.7 Å². The number of hydrogen-bond acceptors (Lipinski definition) is 8. The number of ether oxygens (including phenoxy) is 2. The molecule has 0 aliphatic rings. The minimum absolute atomic E-state index is 0.0686. The van der Waals surface area contributed by atoms with E-state index in [1.807, 2.05) is 34.6 Å². The summed E-state index contributed by atoms with van der Waals surface area (Å²) in [4.78, 5) is 30.6. The molecule has 3 aromatic rings. The number of halogens is 1. The minimum atomic E-state index is -2.03. The Morgan fingerprint density at radius 3 is 1.84 bits per heavy atom. The summed E-state index contributed by atoms with van der Waals surface area (Å²) in [7, 11) is 0. The molecule has 0 bridgehead atoms. The third-order valence-electron chi connectivity index (χ3n) is 8.24. The van der Waals surface area contributed by atoms with Crippen LogP contribution in [0.2, 0.25) is 5.02 Å². The molecule has 2 N–H and O–H groups in total. The van der Waals surface area contributed by atoms with Gasteiger partial charge < -0.3 is 13.7 Å². The molecular formula is C36H56ClN5O6S. The number of H-pyrrole nitrogens is 1. The lowest BCUT2D eigenvalue weighted by Crippen LogP contribution is -2.36. The molecule has 1 atom stereocenters. The second kappa shape index (κ2) is 19.4. The second-order valence-electron chi connectivity index (χ2n) is 14.3. The van der Waals surface area contributed by atoms with Gasteiger partial charge in [-0.05, 0) is 31.0 Å². The smallest absolute Gasteiger partial charge is 0.338 e. The number of fused-ring (bicyclic) bond motifs is 1. The van der Waals surface area contributed by atoms with Gasteiger partial charge in [0.15, 0.2) is 11.5 Å². The van der Waals surface area contributed by atoms with Crippen molar-refractivity contribution in [2.24, 2.45) is 0 Å². The molecule has 274 valence electrons. The zero-order valence-corrected chi connectivity index (χ0v) is 32.0.